The van der Waals surface area contributed by atoms with Crippen molar-refractivity contribution in [3.05, 3.63) is 71.0 Å². The Morgan fingerprint density at radius 2 is 1.72 bits per heavy atom. The molecule has 3 heteroatoms. The Balaban J connectivity index is 1.54. The molecule has 1 unspecified atom stereocenters. The predicted octanol–water partition coefficient (Wildman–Crippen LogP) is 6.68. The first-order valence-corrected chi connectivity index (χ1v) is 9.37. The Kier molecular flexibility index (Phi) is 4.66. The molecule has 0 bridgehead atoms. The number of hydrogen-bond acceptors (Lipinski definition) is 1. The number of rotatable bonds is 4. The summed E-state index contributed by atoms with van der Waals surface area (Å²) in [5.74, 6) is 0.919. The Morgan fingerprint density at radius 3 is 2.32 bits per heavy atom. The average Bonchev–Trinajstić information content (AvgIpc) is 3.49. The van der Waals surface area contributed by atoms with Crippen LogP contribution in [0.5, 0.6) is 0 Å². The minimum absolute atomic E-state index is 0.0379. The van der Waals surface area contributed by atoms with Crippen molar-refractivity contribution in [1.29, 1.82) is 0 Å². The lowest BCUT2D eigenvalue weighted by Gasteiger charge is -2.27. The van der Waals surface area contributed by atoms with E-state index in [2.05, 4.69) is 24.8 Å². The van der Waals surface area contributed by atoms with Gasteiger partial charge in [-0.1, -0.05) is 54.1 Å². The topological polar surface area (TPSA) is 12.5 Å². The largest absolute Gasteiger partial charge is 0.368 e. The van der Waals surface area contributed by atoms with Crippen LogP contribution in [0.15, 0.2) is 49.1 Å². The summed E-state index contributed by atoms with van der Waals surface area (Å²) in [7, 11) is 0. The molecule has 130 valence electrons. The molecular weight excluding hydrogens is 335 g/mol. The van der Waals surface area contributed by atoms with Crippen LogP contribution >= 0.6 is 11.6 Å². The van der Waals surface area contributed by atoms with Crippen molar-refractivity contribution in [3.8, 4) is 11.1 Å². The van der Waals surface area contributed by atoms with Crippen molar-refractivity contribution >= 4 is 11.6 Å². The van der Waals surface area contributed by atoms with E-state index in [-0.39, 0.29) is 16.9 Å². The molecule has 0 amide bonds. The first-order chi connectivity index (χ1) is 12.2. The zero-order valence-electron chi connectivity index (χ0n) is 14.2. The average molecular weight is 357 g/mol. The number of ether oxygens (including phenoxy) is 1. The van der Waals surface area contributed by atoms with Crippen LogP contribution in [0.1, 0.15) is 48.8 Å². The fraction of sp³-hybridized carbons (Fsp3) is 0.364. The van der Waals surface area contributed by atoms with Crippen LogP contribution in [0.2, 0.25) is 5.02 Å². The van der Waals surface area contributed by atoms with Crippen LogP contribution < -0.4 is 0 Å². The molecule has 2 fully saturated rings. The molecule has 4 rings (SSSR count). The summed E-state index contributed by atoms with van der Waals surface area (Å²) in [5, 5.41) is 0.187. The summed E-state index contributed by atoms with van der Waals surface area (Å²) in [5.41, 5.74) is 3.52. The van der Waals surface area contributed by atoms with E-state index in [1.54, 1.807) is 0 Å². The number of hydrogen-bond donors (Lipinski definition) is 0. The molecule has 2 aliphatic rings. The number of allylic oxidation sites excluding steroid dienone is 1. The van der Waals surface area contributed by atoms with Gasteiger partial charge in [0.05, 0.1) is 11.6 Å². The standard InChI is InChI=1S/C22H22ClFO/c1-2-14-3-5-15(6-4-14)16-7-9-17(10-8-16)18-11-12-19(20-13-25-20)21(23)22(18)24/h2,7-12,14-15,20H,1,3-6,13H2. The number of epoxide rings is 1. The maximum absolute atomic E-state index is 14.7. The summed E-state index contributed by atoms with van der Waals surface area (Å²) in [6.45, 7) is 4.54. The van der Waals surface area contributed by atoms with Gasteiger partial charge in [-0.25, -0.2) is 4.39 Å². The zero-order chi connectivity index (χ0) is 17.4. The van der Waals surface area contributed by atoms with Crippen molar-refractivity contribution in [3.63, 3.8) is 0 Å². The first kappa shape index (κ1) is 16.8. The van der Waals surface area contributed by atoms with Gasteiger partial charge in [0.1, 0.15) is 11.9 Å². The lowest BCUT2D eigenvalue weighted by molar-refractivity contribution is 0.376. The molecule has 1 aliphatic carbocycles. The first-order valence-electron chi connectivity index (χ1n) is 8.99. The maximum atomic E-state index is 14.7. The van der Waals surface area contributed by atoms with Gasteiger partial charge in [-0.2, -0.15) is 0 Å². The highest BCUT2D eigenvalue weighted by atomic mass is 35.5. The molecule has 1 heterocycles. The summed E-state index contributed by atoms with van der Waals surface area (Å²) in [4.78, 5) is 0. The Labute approximate surface area is 153 Å². The minimum Gasteiger partial charge on any atom is -0.368 e. The molecule has 0 aromatic heterocycles. The molecule has 2 aromatic carbocycles. The van der Waals surface area contributed by atoms with Crippen LogP contribution in [-0.2, 0) is 4.74 Å². The van der Waals surface area contributed by atoms with Gasteiger partial charge in [-0.15, -0.1) is 6.58 Å². The van der Waals surface area contributed by atoms with Crippen LogP contribution in [0.3, 0.4) is 0 Å². The van der Waals surface area contributed by atoms with Gasteiger partial charge >= 0.3 is 0 Å². The third kappa shape index (κ3) is 3.38. The van der Waals surface area contributed by atoms with Crippen LogP contribution in [0, 0.1) is 11.7 Å². The van der Waals surface area contributed by atoms with Gasteiger partial charge in [0.25, 0.3) is 0 Å². The second-order valence-corrected chi connectivity index (χ2v) is 7.50. The molecule has 0 radical (unpaired) electrons. The summed E-state index contributed by atoms with van der Waals surface area (Å²) >= 11 is 6.20. The number of halogens is 2. The summed E-state index contributed by atoms with van der Waals surface area (Å²) in [6.07, 6.45) is 6.88. The quantitative estimate of drug-likeness (QED) is 0.440. The normalized spacial score (nSPS) is 25.6. The monoisotopic (exact) mass is 356 g/mol. The van der Waals surface area contributed by atoms with Crippen molar-refractivity contribution < 1.29 is 9.13 Å². The molecule has 1 saturated heterocycles. The van der Waals surface area contributed by atoms with Gasteiger partial charge in [-0.3, -0.25) is 0 Å². The summed E-state index contributed by atoms with van der Waals surface area (Å²) in [6, 6.07) is 12.0. The molecule has 0 spiro atoms. The van der Waals surface area contributed by atoms with Crippen LogP contribution in [0.25, 0.3) is 11.1 Å². The van der Waals surface area contributed by atoms with Crippen molar-refractivity contribution in [2.24, 2.45) is 5.92 Å². The van der Waals surface area contributed by atoms with Crippen molar-refractivity contribution in [2.45, 2.75) is 37.7 Å². The van der Waals surface area contributed by atoms with E-state index >= 15 is 0 Å². The highest BCUT2D eigenvalue weighted by Gasteiger charge is 2.29. The highest BCUT2D eigenvalue weighted by Crippen LogP contribution is 2.40. The molecular formula is C22H22ClFO. The van der Waals surface area contributed by atoms with E-state index in [9.17, 15) is 4.39 Å². The SMILES string of the molecule is C=CC1CCC(c2ccc(-c3ccc(C4CO4)c(Cl)c3F)cc2)CC1. The van der Waals surface area contributed by atoms with Gasteiger partial charge in [0, 0.05) is 11.1 Å². The van der Waals surface area contributed by atoms with Crippen molar-refractivity contribution in [2.75, 3.05) is 6.61 Å². The smallest absolute Gasteiger partial charge is 0.149 e. The highest BCUT2D eigenvalue weighted by molar-refractivity contribution is 6.32. The minimum atomic E-state index is -0.353. The van der Waals surface area contributed by atoms with E-state index < -0.39 is 0 Å². The fourth-order valence-electron chi connectivity index (χ4n) is 3.89. The van der Waals surface area contributed by atoms with Crippen LogP contribution in [0.4, 0.5) is 4.39 Å². The van der Waals surface area contributed by atoms with Gasteiger partial charge in [0.2, 0.25) is 0 Å². The van der Waals surface area contributed by atoms with Gasteiger partial charge in [-0.05, 0) is 48.6 Å². The Hall–Kier alpha value is -1.64. The molecule has 1 atom stereocenters. The van der Waals surface area contributed by atoms with Crippen molar-refractivity contribution in [1.82, 2.24) is 0 Å². The second-order valence-electron chi connectivity index (χ2n) is 7.12. The van der Waals surface area contributed by atoms with Crippen LogP contribution in [-0.4, -0.2) is 6.61 Å². The summed E-state index contributed by atoms with van der Waals surface area (Å²) < 4.78 is 19.9. The molecule has 0 N–H and O–H groups in total. The third-order valence-corrected chi connectivity index (χ3v) is 5.97. The molecule has 25 heavy (non-hydrogen) atoms. The van der Waals surface area contributed by atoms with E-state index in [1.807, 2.05) is 24.3 Å². The maximum Gasteiger partial charge on any atom is 0.149 e. The third-order valence-electron chi connectivity index (χ3n) is 5.59. The molecule has 1 aliphatic heterocycles. The number of benzene rings is 2. The Bertz CT molecular complexity index is 771. The molecule has 2 aromatic rings. The van der Waals surface area contributed by atoms with E-state index in [4.69, 9.17) is 16.3 Å². The van der Waals surface area contributed by atoms with Gasteiger partial charge < -0.3 is 4.74 Å². The Morgan fingerprint density at radius 1 is 1.04 bits per heavy atom. The van der Waals surface area contributed by atoms with Gasteiger partial charge in [0.15, 0.2) is 0 Å². The van der Waals surface area contributed by atoms with E-state index in [0.29, 0.717) is 24.0 Å². The predicted molar refractivity (Wildman–Crippen MR) is 100 cm³/mol. The molecule has 1 saturated carbocycles. The molecule has 1 nitrogen and oxygen atoms in total. The second kappa shape index (κ2) is 6.93. The fourth-order valence-corrected chi connectivity index (χ4v) is 4.17. The van der Waals surface area contributed by atoms with E-state index in [0.717, 1.165) is 11.1 Å². The zero-order valence-corrected chi connectivity index (χ0v) is 14.9. The lowest BCUT2D eigenvalue weighted by Crippen LogP contribution is -2.11. The van der Waals surface area contributed by atoms with E-state index in [1.165, 1.54) is 31.2 Å². The lowest BCUT2D eigenvalue weighted by atomic mass is 9.78.